The van der Waals surface area contributed by atoms with Gasteiger partial charge in [-0.05, 0) is 29.1 Å². The normalized spacial score (nSPS) is 16.5. The number of ether oxygens (including phenoxy) is 2. The molecule has 0 radical (unpaired) electrons. The number of piperazine rings is 1. The summed E-state index contributed by atoms with van der Waals surface area (Å²) in [5.74, 6) is 1.54. The first-order valence-corrected chi connectivity index (χ1v) is 13.0. The van der Waals surface area contributed by atoms with E-state index in [9.17, 15) is 4.79 Å². The van der Waals surface area contributed by atoms with Crippen LogP contribution in [0.5, 0.6) is 11.5 Å². The van der Waals surface area contributed by atoms with E-state index in [4.69, 9.17) is 9.47 Å². The highest BCUT2D eigenvalue weighted by molar-refractivity contribution is 7.09. The zero-order valence-corrected chi connectivity index (χ0v) is 20.7. The molecule has 0 aliphatic carbocycles. The SMILES string of the molecule is O=C(CN1CCN(C/C=C/c2ccccc2)CC1)N(Cc1cccs1)c1ccc2c(c1)OCCO2. The van der Waals surface area contributed by atoms with Gasteiger partial charge in [-0.15, -0.1) is 11.3 Å². The van der Waals surface area contributed by atoms with Crippen LogP contribution in [0.4, 0.5) is 5.69 Å². The van der Waals surface area contributed by atoms with Gasteiger partial charge in [0.2, 0.25) is 5.91 Å². The molecule has 0 unspecified atom stereocenters. The summed E-state index contributed by atoms with van der Waals surface area (Å²) in [6, 6.07) is 20.3. The van der Waals surface area contributed by atoms with Crippen molar-refractivity contribution in [3.8, 4) is 11.5 Å². The van der Waals surface area contributed by atoms with Gasteiger partial charge in [0.15, 0.2) is 11.5 Å². The second-order valence-electron chi connectivity index (χ2n) is 8.78. The van der Waals surface area contributed by atoms with Gasteiger partial charge in [-0.3, -0.25) is 14.6 Å². The number of rotatable bonds is 8. The highest BCUT2D eigenvalue weighted by atomic mass is 32.1. The monoisotopic (exact) mass is 489 g/mol. The summed E-state index contributed by atoms with van der Waals surface area (Å²) in [5.41, 5.74) is 2.07. The molecule has 5 rings (SSSR count). The van der Waals surface area contributed by atoms with Crippen molar-refractivity contribution < 1.29 is 14.3 Å². The van der Waals surface area contributed by atoms with Crippen LogP contribution in [0.1, 0.15) is 10.4 Å². The minimum Gasteiger partial charge on any atom is -0.486 e. The number of carbonyl (C=O) groups is 1. The summed E-state index contributed by atoms with van der Waals surface area (Å²) >= 11 is 1.67. The van der Waals surface area contributed by atoms with Crippen molar-refractivity contribution in [3.63, 3.8) is 0 Å². The Morgan fingerprint density at radius 2 is 1.69 bits per heavy atom. The smallest absolute Gasteiger partial charge is 0.241 e. The third-order valence-corrected chi connectivity index (χ3v) is 7.19. The molecule has 0 saturated carbocycles. The molecule has 0 N–H and O–H groups in total. The van der Waals surface area contributed by atoms with Crippen LogP contribution in [-0.4, -0.2) is 68.2 Å². The number of amides is 1. The lowest BCUT2D eigenvalue weighted by Gasteiger charge is -2.35. The maximum absolute atomic E-state index is 13.5. The van der Waals surface area contributed by atoms with Gasteiger partial charge < -0.3 is 14.4 Å². The van der Waals surface area contributed by atoms with Crippen LogP contribution in [-0.2, 0) is 11.3 Å². The maximum Gasteiger partial charge on any atom is 0.241 e. The molecule has 1 saturated heterocycles. The molecule has 0 spiro atoms. The molecule has 3 aromatic rings. The van der Waals surface area contributed by atoms with Crippen molar-refractivity contribution in [2.45, 2.75) is 6.54 Å². The Balaban J connectivity index is 1.19. The molecule has 3 heterocycles. The molecule has 35 heavy (non-hydrogen) atoms. The molecule has 1 fully saturated rings. The van der Waals surface area contributed by atoms with Crippen LogP contribution in [0.3, 0.4) is 0 Å². The first kappa shape index (κ1) is 23.6. The molecule has 2 aromatic carbocycles. The van der Waals surface area contributed by atoms with Gasteiger partial charge >= 0.3 is 0 Å². The Hall–Kier alpha value is -3.13. The van der Waals surface area contributed by atoms with Crippen molar-refractivity contribution in [3.05, 3.63) is 82.6 Å². The van der Waals surface area contributed by atoms with Gasteiger partial charge in [-0.25, -0.2) is 0 Å². The predicted molar refractivity (Wildman–Crippen MR) is 141 cm³/mol. The quantitative estimate of drug-likeness (QED) is 0.470. The van der Waals surface area contributed by atoms with Gasteiger partial charge in [-0.2, -0.15) is 0 Å². The largest absolute Gasteiger partial charge is 0.486 e. The number of anilines is 1. The Morgan fingerprint density at radius 1 is 0.914 bits per heavy atom. The number of thiophene rings is 1. The zero-order chi connectivity index (χ0) is 23.9. The highest BCUT2D eigenvalue weighted by Crippen LogP contribution is 2.34. The topological polar surface area (TPSA) is 45.3 Å². The summed E-state index contributed by atoms with van der Waals surface area (Å²) in [5, 5.41) is 2.05. The Labute approximate surface area is 211 Å². The first-order chi connectivity index (χ1) is 17.2. The fraction of sp³-hybridized carbons (Fsp3) is 0.321. The molecule has 0 bridgehead atoms. The van der Waals surface area contributed by atoms with Gasteiger partial charge in [0, 0.05) is 49.4 Å². The van der Waals surface area contributed by atoms with E-state index < -0.39 is 0 Å². The van der Waals surface area contributed by atoms with E-state index in [0.29, 0.717) is 32.1 Å². The number of fused-ring (bicyclic) bond motifs is 1. The van der Waals surface area contributed by atoms with Gasteiger partial charge in [0.05, 0.1) is 13.1 Å². The molecule has 182 valence electrons. The van der Waals surface area contributed by atoms with E-state index in [1.165, 1.54) is 5.56 Å². The minimum absolute atomic E-state index is 0.104. The number of hydrogen-bond donors (Lipinski definition) is 0. The summed E-state index contributed by atoms with van der Waals surface area (Å²) in [7, 11) is 0. The molecule has 0 atom stereocenters. The maximum atomic E-state index is 13.5. The number of carbonyl (C=O) groups excluding carboxylic acids is 1. The molecule has 2 aliphatic rings. The van der Waals surface area contributed by atoms with Crippen molar-refractivity contribution in [1.29, 1.82) is 0 Å². The first-order valence-electron chi connectivity index (χ1n) is 12.1. The molecular weight excluding hydrogens is 458 g/mol. The summed E-state index contributed by atoms with van der Waals surface area (Å²) in [6.07, 6.45) is 4.40. The molecule has 2 aliphatic heterocycles. The lowest BCUT2D eigenvalue weighted by atomic mass is 10.2. The molecule has 1 amide bonds. The van der Waals surface area contributed by atoms with E-state index in [1.807, 2.05) is 40.6 Å². The van der Waals surface area contributed by atoms with Gasteiger partial charge in [0.1, 0.15) is 13.2 Å². The standard InChI is InChI=1S/C28H31N3O3S/c32-28(22-30-15-13-29(14-16-30)12-4-8-23-6-2-1-3-7-23)31(21-25-9-5-19-35-25)24-10-11-26-27(20-24)34-18-17-33-26/h1-11,19-20H,12-18,21-22H2/b8-4+. The average molecular weight is 490 g/mol. The molecule has 6 nitrogen and oxygen atoms in total. The van der Waals surface area contributed by atoms with E-state index in [1.54, 1.807) is 11.3 Å². The van der Waals surface area contributed by atoms with Crippen LogP contribution in [0, 0.1) is 0 Å². The van der Waals surface area contributed by atoms with Crippen LogP contribution >= 0.6 is 11.3 Å². The fourth-order valence-corrected chi connectivity index (χ4v) is 5.08. The lowest BCUT2D eigenvalue weighted by molar-refractivity contribution is -0.120. The zero-order valence-electron chi connectivity index (χ0n) is 19.8. The van der Waals surface area contributed by atoms with Crippen LogP contribution in [0.25, 0.3) is 6.08 Å². The Kier molecular flexibility index (Phi) is 7.78. The second kappa shape index (κ2) is 11.5. The molecule has 7 heteroatoms. The lowest BCUT2D eigenvalue weighted by Crippen LogP contribution is -2.50. The Bertz CT molecular complexity index is 1130. The Morgan fingerprint density at radius 3 is 2.46 bits per heavy atom. The molecule has 1 aromatic heterocycles. The summed E-state index contributed by atoms with van der Waals surface area (Å²) in [6.45, 7) is 6.67. The van der Waals surface area contributed by atoms with E-state index in [2.05, 4.69) is 52.3 Å². The van der Waals surface area contributed by atoms with Gasteiger partial charge in [-0.1, -0.05) is 48.6 Å². The van der Waals surface area contributed by atoms with E-state index >= 15 is 0 Å². The van der Waals surface area contributed by atoms with Crippen LogP contribution in [0.15, 0.2) is 72.1 Å². The number of hydrogen-bond acceptors (Lipinski definition) is 6. The van der Waals surface area contributed by atoms with Crippen molar-refractivity contribution in [2.24, 2.45) is 0 Å². The van der Waals surface area contributed by atoms with Crippen molar-refractivity contribution in [1.82, 2.24) is 9.80 Å². The summed E-state index contributed by atoms with van der Waals surface area (Å²) < 4.78 is 11.4. The third kappa shape index (κ3) is 6.31. The summed E-state index contributed by atoms with van der Waals surface area (Å²) in [4.78, 5) is 21.2. The van der Waals surface area contributed by atoms with Crippen LogP contribution in [0.2, 0.25) is 0 Å². The third-order valence-electron chi connectivity index (χ3n) is 6.33. The van der Waals surface area contributed by atoms with Crippen molar-refractivity contribution >= 4 is 29.0 Å². The van der Waals surface area contributed by atoms with Crippen molar-refractivity contribution in [2.75, 3.05) is 57.4 Å². The second-order valence-corrected chi connectivity index (χ2v) is 9.81. The minimum atomic E-state index is 0.104. The van der Waals surface area contributed by atoms with Gasteiger partial charge in [0.25, 0.3) is 0 Å². The highest BCUT2D eigenvalue weighted by Gasteiger charge is 2.24. The van der Waals surface area contributed by atoms with E-state index in [0.717, 1.165) is 49.0 Å². The van der Waals surface area contributed by atoms with E-state index in [-0.39, 0.29) is 5.91 Å². The fourth-order valence-electron chi connectivity index (χ4n) is 4.39. The number of benzene rings is 2. The van der Waals surface area contributed by atoms with Crippen LogP contribution < -0.4 is 14.4 Å². The molecular formula is C28H31N3O3S. The number of nitrogens with zero attached hydrogens (tertiary/aromatic N) is 3. The predicted octanol–water partition coefficient (Wildman–Crippen LogP) is 4.38. The average Bonchev–Trinajstić information content (AvgIpc) is 3.42.